The second-order valence-electron chi connectivity index (χ2n) is 8.80. The van der Waals surface area contributed by atoms with E-state index >= 15 is 0 Å². The summed E-state index contributed by atoms with van der Waals surface area (Å²) >= 11 is 6.83. The Hall–Kier alpha value is -1.09. The summed E-state index contributed by atoms with van der Waals surface area (Å²) in [5, 5.41) is 3.77. The predicted octanol–water partition coefficient (Wildman–Crippen LogP) is 6.46. The van der Waals surface area contributed by atoms with Crippen molar-refractivity contribution in [1.82, 2.24) is 0 Å². The highest BCUT2D eigenvalue weighted by molar-refractivity contribution is 9.13. The Labute approximate surface area is 200 Å². The minimum Gasteiger partial charge on any atom is -0.381 e. The van der Waals surface area contributed by atoms with Crippen molar-refractivity contribution in [2.75, 3.05) is 16.6 Å². The number of fused-ring (bicyclic) bond motifs is 3. The zero-order valence-electron chi connectivity index (χ0n) is 17.1. The van der Waals surface area contributed by atoms with Crippen LogP contribution in [0.3, 0.4) is 0 Å². The van der Waals surface area contributed by atoms with E-state index in [9.17, 15) is 8.42 Å². The lowest BCUT2D eigenvalue weighted by Gasteiger charge is -2.42. The molecule has 3 atom stereocenters. The van der Waals surface area contributed by atoms with Crippen molar-refractivity contribution in [3.05, 3.63) is 50.9 Å². The molecule has 1 aliphatic carbocycles. The summed E-state index contributed by atoms with van der Waals surface area (Å²) in [5.41, 5.74) is 2.50. The number of rotatable bonds is 4. The number of hydrogen-bond donors (Lipinski definition) is 2. The third-order valence-electron chi connectivity index (χ3n) is 6.89. The first-order chi connectivity index (χ1) is 14.9. The van der Waals surface area contributed by atoms with Crippen LogP contribution in [0.15, 0.2) is 50.2 Å². The van der Waals surface area contributed by atoms with Crippen LogP contribution in [0.2, 0.25) is 0 Å². The van der Waals surface area contributed by atoms with E-state index in [0.29, 0.717) is 23.6 Å². The van der Waals surface area contributed by atoms with Gasteiger partial charge in [0.2, 0.25) is 0 Å². The molecule has 5 nitrogen and oxygen atoms in total. The van der Waals surface area contributed by atoms with Crippen LogP contribution in [0.5, 0.6) is 0 Å². The molecule has 5 rings (SSSR count). The molecule has 0 amide bonds. The lowest BCUT2D eigenvalue weighted by Crippen LogP contribution is -2.42. The third kappa shape index (κ3) is 4.28. The second-order valence-corrected chi connectivity index (χ2v) is 12.2. The van der Waals surface area contributed by atoms with Crippen LogP contribution in [0, 0.1) is 11.8 Å². The number of nitrogens with one attached hydrogen (secondary N) is 2. The molecular weight excluding hydrogens is 544 g/mol. The standard InChI is InChI=1S/C23H26Br2N2O3S/c24-19-8-6-15(12-20(19)25)27-31(28,29)16-7-9-21-18(13-16)23-17(10-11-30-23)22(26-21)14-4-2-1-3-5-14/h6-9,12-14,17,22-23,26-27H,1-5,10-11H2/t17-,22-,23-/m0/s1. The fraction of sp³-hybridized carbons (Fsp3) is 0.478. The van der Waals surface area contributed by atoms with E-state index in [1.165, 1.54) is 32.1 Å². The van der Waals surface area contributed by atoms with Crippen LogP contribution >= 0.6 is 31.9 Å². The zero-order valence-corrected chi connectivity index (χ0v) is 21.1. The van der Waals surface area contributed by atoms with Gasteiger partial charge in [-0.1, -0.05) is 19.3 Å². The van der Waals surface area contributed by atoms with Gasteiger partial charge in [0.1, 0.15) is 0 Å². The average Bonchev–Trinajstić information content (AvgIpc) is 3.26. The lowest BCUT2D eigenvalue weighted by molar-refractivity contribution is 0.0730. The molecule has 2 aromatic rings. The molecule has 1 saturated heterocycles. The van der Waals surface area contributed by atoms with Gasteiger partial charge in [0.25, 0.3) is 10.0 Å². The lowest BCUT2D eigenvalue weighted by atomic mass is 9.73. The molecule has 1 saturated carbocycles. The van der Waals surface area contributed by atoms with Crippen LogP contribution in [0.1, 0.15) is 50.2 Å². The zero-order chi connectivity index (χ0) is 21.6. The van der Waals surface area contributed by atoms with Gasteiger partial charge in [-0.25, -0.2) is 8.42 Å². The molecule has 2 aromatic carbocycles. The molecule has 0 radical (unpaired) electrons. The molecule has 2 fully saturated rings. The van der Waals surface area contributed by atoms with E-state index in [1.54, 1.807) is 30.3 Å². The van der Waals surface area contributed by atoms with E-state index in [-0.39, 0.29) is 11.0 Å². The van der Waals surface area contributed by atoms with Crippen molar-refractivity contribution in [3.8, 4) is 0 Å². The van der Waals surface area contributed by atoms with Gasteiger partial charge in [0.05, 0.1) is 16.7 Å². The van der Waals surface area contributed by atoms with Gasteiger partial charge in [-0.15, -0.1) is 0 Å². The summed E-state index contributed by atoms with van der Waals surface area (Å²) in [5.74, 6) is 1.08. The minimum absolute atomic E-state index is 0.0276. The maximum Gasteiger partial charge on any atom is 0.261 e. The largest absolute Gasteiger partial charge is 0.381 e. The van der Waals surface area contributed by atoms with Crippen LogP contribution in [0.25, 0.3) is 0 Å². The Morgan fingerprint density at radius 3 is 2.55 bits per heavy atom. The van der Waals surface area contributed by atoms with Crippen molar-refractivity contribution in [1.29, 1.82) is 0 Å². The molecule has 2 heterocycles. The van der Waals surface area contributed by atoms with Crippen LogP contribution < -0.4 is 10.0 Å². The van der Waals surface area contributed by atoms with Gasteiger partial charge in [0.15, 0.2) is 0 Å². The smallest absolute Gasteiger partial charge is 0.261 e. The van der Waals surface area contributed by atoms with Crippen molar-refractivity contribution in [2.45, 2.75) is 55.6 Å². The molecule has 3 aliphatic rings. The summed E-state index contributed by atoms with van der Waals surface area (Å²) in [6.45, 7) is 0.738. The van der Waals surface area contributed by atoms with Crippen molar-refractivity contribution in [2.24, 2.45) is 11.8 Å². The Balaban J connectivity index is 1.43. The molecule has 2 aliphatic heterocycles. The topological polar surface area (TPSA) is 67.4 Å². The highest BCUT2D eigenvalue weighted by atomic mass is 79.9. The fourth-order valence-electron chi connectivity index (χ4n) is 5.39. The molecule has 0 bridgehead atoms. The normalized spacial score (nSPS) is 26.1. The van der Waals surface area contributed by atoms with Crippen LogP contribution in [-0.4, -0.2) is 21.1 Å². The predicted molar refractivity (Wildman–Crippen MR) is 130 cm³/mol. The van der Waals surface area contributed by atoms with Crippen LogP contribution in [-0.2, 0) is 14.8 Å². The van der Waals surface area contributed by atoms with Gasteiger partial charge >= 0.3 is 0 Å². The molecule has 0 spiro atoms. The Bertz CT molecular complexity index is 1090. The first kappa shape index (κ1) is 21.7. The van der Waals surface area contributed by atoms with E-state index < -0.39 is 10.0 Å². The van der Waals surface area contributed by atoms with Crippen molar-refractivity contribution < 1.29 is 13.2 Å². The van der Waals surface area contributed by atoms with Gasteiger partial charge < -0.3 is 10.1 Å². The highest BCUT2D eigenvalue weighted by Gasteiger charge is 2.44. The average molecular weight is 570 g/mol. The highest BCUT2D eigenvalue weighted by Crippen LogP contribution is 2.48. The number of hydrogen-bond acceptors (Lipinski definition) is 4. The molecule has 31 heavy (non-hydrogen) atoms. The summed E-state index contributed by atoms with van der Waals surface area (Å²) in [6.07, 6.45) is 7.50. The summed E-state index contributed by atoms with van der Waals surface area (Å²) in [7, 11) is -3.71. The van der Waals surface area contributed by atoms with Gasteiger partial charge in [0, 0.05) is 38.8 Å². The van der Waals surface area contributed by atoms with Crippen molar-refractivity contribution >= 4 is 53.3 Å². The summed E-state index contributed by atoms with van der Waals surface area (Å²) in [4.78, 5) is 0.262. The molecule has 8 heteroatoms. The van der Waals surface area contributed by atoms with Crippen LogP contribution in [0.4, 0.5) is 11.4 Å². The molecule has 2 N–H and O–H groups in total. The number of sulfonamides is 1. The second kappa shape index (κ2) is 8.69. The van der Waals surface area contributed by atoms with E-state index in [0.717, 1.165) is 33.2 Å². The number of halogens is 2. The monoisotopic (exact) mass is 568 g/mol. The molecule has 0 aromatic heterocycles. The first-order valence-electron chi connectivity index (χ1n) is 10.9. The Kier molecular flexibility index (Phi) is 6.09. The molecule has 166 valence electrons. The number of anilines is 2. The number of benzene rings is 2. The Morgan fingerprint density at radius 1 is 0.968 bits per heavy atom. The van der Waals surface area contributed by atoms with Gasteiger partial charge in [-0.2, -0.15) is 0 Å². The third-order valence-corrected chi connectivity index (χ3v) is 10.1. The SMILES string of the molecule is O=S(=O)(Nc1ccc(Br)c(Br)c1)c1ccc2c(c1)[C@H]1OCC[C@H]1[C@H](C1CCCCC1)N2. The molecule has 0 unspecified atom stereocenters. The first-order valence-corrected chi connectivity index (χ1v) is 14.0. The summed E-state index contributed by atoms with van der Waals surface area (Å²) < 4.78 is 36.7. The number of ether oxygens (including phenoxy) is 1. The summed E-state index contributed by atoms with van der Waals surface area (Å²) in [6, 6.07) is 11.1. The fourth-order valence-corrected chi connectivity index (χ4v) is 7.10. The Morgan fingerprint density at radius 2 is 1.77 bits per heavy atom. The van der Waals surface area contributed by atoms with E-state index in [1.807, 2.05) is 6.07 Å². The quantitative estimate of drug-likeness (QED) is 0.443. The maximum absolute atomic E-state index is 13.1. The van der Waals surface area contributed by atoms with E-state index in [4.69, 9.17) is 4.74 Å². The minimum atomic E-state index is -3.71. The molecular formula is C23H26Br2N2O3S. The van der Waals surface area contributed by atoms with E-state index in [2.05, 4.69) is 41.9 Å². The van der Waals surface area contributed by atoms with Crippen molar-refractivity contribution in [3.63, 3.8) is 0 Å². The van der Waals surface area contributed by atoms with Gasteiger partial charge in [-0.3, -0.25) is 4.72 Å². The maximum atomic E-state index is 13.1. The van der Waals surface area contributed by atoms with Gasteiger partial charge in [-0.05, 0) is 93.4 Å².